The van der Waals surface area contributed by atoms with Gasteiger partial charge in [0.1, 0.15) is 0 Å². The fourth-order valence-corrected chi connectivity index (χ4v) is 0.971. The molecule has 0 atom stereocenters. The van der Waals surface area contributed by atoms with Crippen LogP contribution in [0.1, 0.15) is 38.5 Å². The molecular weight excluding hydrogens is 174 g/mol. The van der Waals surface area contributed by atoms with Crippen LogP contribution in [0, 0.1) is 0 Å². The Morgan fingerprint density at radius 2 is 1.54 bits per heavy atom. The van der Waals surface area contributed by atoms with Crippen LogP contribution in [-0.4, -0.2) is 22.2 Å². The van der Waals surface area contributed by atoms with E-state index in [0.29, 0.717) is 19.3 Å². The number of nitrogens with one attached hydrogen (secondary N) is 1. The highest BCUT2D eigenvalue weighted by atomic mass is 16.5. The number of carbonyl (C=O) groups excluding carboxylic acids is 1. The van der Waals surface area contributed by atoms with Crippen LogP contribution in [0.2, 0.25) is 0 Å². The minimum absolute atomic E-state index is 0.187. The van der Waals surface area contributed by atoms with E-state index in [0.717, 1.165) is 12.8 Å². The molecule has 76 valence electrons. The Kier molecular flexibility index (Phi) is 6.91. The van der Waals surface area contributed by atoms with Crippen molar-refractivity contribution in [3.63, 3.8) is 0 Å². The third-order valence-electron chi connectivity index (χ3n) is 1.67. The lowest BCUT2D eigenvalue weighted by Crippen LogP contribution is -2.17. The van der Waals surface area contributed by atoms with Crippen LogP contribution in [0.5, 0.6) is 0 Å². The van der Waals surface area contributed by atoms with Crippen LogP contribution in [0.15, 0.2) is 0 Å². The molecule has 5 heteroatoms. The molecule has 0 fully saturated rings. The number of carbonyl (C=O) groups is 2. The van der Waals surface area contributed by atoms with Gasteiger partial charge < -0.3 is 5.11 Å². The highest BCUT2D eigenvalue weighted by molar-refractivity contribution is 5.74. The number of aliphatic carboxylic acids is 1. The van der Waals surface area contributed by atoms with Gasteiger partial charge in [0.05, 0.1) is 0 Å². The van der Waals surface area contributed by atoms with Crippen molar-refractivity contribution in [1.29, 1.82) is 0 Å². The van der Waals surface area contributed by atoms with Crippen LogP contribution in [0.25, 0.3) is 0 Å². The summed E-state index contributed by atoms with van der Waals surface area (Å²) in [6, 6.07) is 0. The first-order valence-electron chi connectivity index (χ1n) is 4.31. The molecule has 0 rings (SSSR count). The number of carboxylic acid groups (broad SMARTS) is 1. The number of hydrogen-bond donors (Lipinski definition) is 3. The van der Waals surface area contributed by atoms with Crippen molar-refractivity contribution >= 4 is 11.9 Å². The van der Waals surface area contributed by atoms with E-state index in [1.54, 1.807) is 5.48 Å². The van der Waals surface area contributed by atoms with Gasteiger partial charge in [-0.1, -0.05) is 12.8 Å². The number of hydroxylamine groups is 1. The van der Waals surface area contributed by atoms with Crippen LogP contribution in [0.4, 0.5) is 0 Å². The van der Waals surface area contributed by atoms with E-state index in [2.05, 4.69) is 0 Å². The van der Waals surface area contributed by atoms with E-state index in [4.69, 9.17) is 10.3 Å². The second kappa shape index (κ2) is 7.54. The molecule has 1 amide bonds. The van der Waals surface area contributed by atoms with Crippen molar-refractivity contribution in [3.05, 3.63) is 0 Å². The molecule has 0 bridgehead atoms. The van der Waals surface area contributed by atoms with Gasteiger partial charge in [-0.25, -0.2) is 5.48 Å². The predicted octanol–water partition coefficient (Wildman–Crippen LogP) is 0.917. The molecule has 0 unspecified atom stereocenters. The highest BCUT2D eigenvalue weighted by Crippen LogP contribution is 2.04. The molecule has 0 aromatic carbocycles. The zero-order valence-electron chi connectivity index (χ0n) is 7.45. The van der Waals surface area contributed by atoms with E-state index in [1.165, 1.54) is 0 Å². The smallest absolute Gasteiger partial charge is 0.303 e. The monoisotopic (exact) mass is 189 g/mol. The molecule has 0 aromatic heterocycles. The largest absolute Gasteiger partial charge is 0.481 e. The molecule has 0 saturated heterocycles. The van der Waals surface area contributed by atoms with Gasteiger partial charge in [-0.15, -0.1) is 0 Å². The second-order valence-electron chi connectivity index (χ2n) is 2.84. The summed E-state index contributed by atoms with van der Waals surface area (Å²) in [5.41, 5.74) is 1.54. The molecular formula is C8H15NO4. The quantitative estimate of drug-likeness (QED) is 0.315. The molecule has 5 nitrogen and oxygen atoms in total. The van der Waals surface area contributed by atoms with Gasteiger partial charge >= 0.3 is 5.97 Å². The minimum Gasteiger partial charge on any atom is -0.481 e. The Hall–Kier alpha value is -1.10. The summed E-state index contributed by atoms with van der Waals surface area (Å²) in [4.78, 5) is 20.6. The molecule has 0 saturated carbocycles. The third-order valence-corrected chi connectivity index (χ3v) is 1.67. The molecule has 0 aliphatic carbocycles. The van der Waals surface area contributed by atoms with Crippen LogP contribution >= 0.6 is 0 Å². The average molecular weight is 189 g/mol. The summed E-state index contributed by atoms with van der Waals surface area (Å²) in [7, 11) is 0. The topological polar surface area (TPSA) is 86.6 Å². The number of unbranched alkanes of at least 4 members (excludes halogenated alkanes) is 3. The van der Waals surface area contributed by atoms with Crippen molar-refractivity contribution in [1.82, 2.24) is 5.48 Å². The van der Waals surface area contributed by atoms with Crippen LogP contribution < -0.4 is 5.48 Å². The maximum absolute atomic E-state index is 10.5. The molecule has 0 radical (unpaired) electrons. The van der Waals surface area contributed by atoms with E-state index < -0.39 is 11.9 Å². The first kappa shape index (κ1) is 11.9. The summed E-state index contributed by atoms with van der Waals surface area (Å²) < 4.78 is 0. The van der Waals surface area contributed by atoms with Gasteiger partial charge in [-0.3, -0.25) is 14.8 Å². The van der Waals surface area contributed by atoms with Crippen molar-refractivity contribution < 1.29 is 19.9 Å². The van der Waals surface area contributed by atoms with E-state index >= 15 is 0 Å². The number of amides is 1. The summed E-state index contributed by atoms with van der Waals surface area (Å²) >= 11 is 0. The maximum atomic E-state index is 10.5. The number of carboxylic acids is 1. The summed E-state index contributed by atoms with van der Waals surface area (Å²) in [5, 5.41) is 16.4. The average Bonchev–Trinajstić information content (AvgIpc) is 2.10. The lowest BCUT2D eigenvalue weighted by Gasteiger charge is -1.98. The zero-order valence-corrected chi connectivity index (χ0v) is 7.45. The Bertz CT molecular complexity index is 170. The van der Waals surface area contributed by atoms with E-state index in [9.17, 15) is 9.59 Å². The standard InChI is InChI=1S/C8H15NO4/c10-7(9-13)5-3-1-2-4-6-8(11)12/h13H,1-6H2,(H,9,10)(H,11,12). The Balaban J connectivity index is 3.08. The molecule has 0 aromatic rings. The number of hydrogen-bond acceptors (Lipinski definition) is 3. The van der Waals surface area contributed by atoms with Gasteiger partial charge in [0.2, 0.25) is 5.91 Å². The number of rotatable bonds is 7. The molecule has 0 aliphatic rings. The summed E-state index contributed by atoms with van der Waals surface area (Å²) in [6.07, 6.45) is 3.45. The first-order valence-corrected chi connectivity index (χ1v) is 4.31. The minimum atomic E-state index is -0.784. The van der Waals surface area contributed by atoms with Gasteiger partial charge in [0.15, 0.2) is 0 Å². The lowest BCUT2D eigenvalue weighted by atomic mass is 10.1. The zero-order chi connectivity index (χ0) is 10.1. The second-order valence-corrected chi connectivity index (χ2v) is 2.84. The third kappa shape index (κ3) is 8.81. The van der Waals surface area contributed by atoms with Gasteiger partial charge in [-0.05, 0) is 12.8 Å². The molecule has 0 spiro atoms. The molecule has 3 N–H and O–H groups in total. The van der Waals surface area contributed by atoms with Gasteiger partial charge in [0, 0.05) is 12.8 Å². The van der Waals surface area contributed by atoms with Gasteiger partial charge in [0.25, 0.3) is 0 Å². The first-order chi connectivity index (χ1) is 6.16. The van der Waals surface area contributed by atoms with E-state index in [-0.39, 0.29) is 6.42 Å². The van der Waals surface area contributed by atoms with Crippen molar-refractivity contribution in [2.45, 2.75) is 38.5 Å². The molecule has 0 aliphatic heterocycles. The van der Waals surface area contributed by atoms with Gasteiger partial charge in [-0.2, -0.15) is 0 Å². The predicted molar refractivity (Wildman–Crippen MR) is 45.3 cm³/mol. The highest BCUT2D eigenvalue weighted by Gasteiger charge is 1.99. The van der Waals surface area contributed by atoms with Crippen molar-refractivity contribution in [2.24, 2.45) is 0 Å². The normalized spacial score (nSPS) is 9.62. The Morgan fingerprint density at radius 3 is 2.00 bits per heavy atom. The SMILES string of the molecule is O=C(O)CCCCCCC(=O)NO. The Labute approximate surface area is 76.7 Å². The summed E-state index contributed by atoms with van der Waals surface area (Å²) in [6.45, 7) is 0. The Morgan fingerprint density at radius 1 is 1.00 bits per heavy atom. The van der Waals surface area contributed by atoms with Crippen LogP contribution in [0.3, 0.4) is 0 Å². The molecule has 0 heterocycles. The fraction of sp³-hybridized carbons (Fsp3) is 0.750. The summed E-state index contributed by atoms with van der Waals surface area (Å²) in [5.74, 6) is -1.17. The van der Waals surface area contributed by atoms with E-state index in [1.807, 2.05) is 0 Å². The van der Waals surface area contributed by atoms with Crippen molar-refractivity contribution in [3.8, 4) is 0 Å². The van der Waals surface area contributed by atoms with Crippen LogP contribution in [-0.2, 0) is 9.59 Å². The molecule has 13 heavy (non-hydrogen) atoms. The lowest BCUT2D eigenvalue weighted by molar-refractivity contribution is -0.137. The fourth-order valence-electron chi connectivity index (χ4n) is 0.971. The maximum Gasteiger partial charge on any atom is 0.303 e. The van der Waals surface area contributed by atoms with Crippen molar-refractivity contribution in [2.75, 3.05) is 0 Å².